The molecule has 0 amide bonds. The van der Waals surface area contributed by atoms with Crippen LogP contribution in [-0.2, 0) is 45.3 Å². The van der Waals surface area contributed by atoms with Gasteiger partial charge < -0.3 is 14.3 Å². The van der Waals surface area contributed by atoms with E-state index in [0.29, 0.717) is 6.42 Å². The van der Waals surface area contributed by atoms with Crippen molar-refractivity contribution in [1.82, 2.24) is 0 Å². The molecule has 7 nitrogen and oxygen atoms in total. The largest absolute Gasteiger partial charge is 0 e. The van der Waals surface area contributed by atoms with Crippen LogP contribution in [0.3, 0.4) is 0 Å². The average molecular weight is 377 g/mol. The van der Waals surface area contributed by atoms with Crippen molar-refractivity contribution in [3.8, 4) is 0 Å². The first-order chi connectivity index (χ1) is 11.4. The van der Waals surface area contributed by atoms with E-state index in [1.165, 1.54) is 0 Å². The van der Waals surface area contributed by atoms with Gasteiger partial charge in [-0.3, -0.25) is 0 Å². The van der Waals surface area contributed by atoms with Crippen LogP contribution in [0.15, 0.2) is 5.16 Å². The zero-order valence-corrected chi connectivity index (χ0v) is 14.4. The van der Waals surface area contributed by atoms with Crippen LogP contribution in [0.1, 0.15) is 26.2 Å². The van der Waals surface area contributed by atoms with E-state index in [9.17, 15) is 0 Å². The van der Waals surface area contributed by atoms with Crippen LogP contribution in [0, 0.1) is 45.6 Å². The summed E-state index contributed by atoms with van der Waals surface area (Å²) >= 11 is 0. The molecule has 2 rings (SSSR count). The van der Waals surface area contributed by atoms with Crippen LogP contribution in [0.5, 0.6) is 0 Å². The van der Waals surface area contributed by atoms with Crippen molar-refractivity contribution in [2.45, 2.75) is 38.6 Å². The van der Waals surface area contributed by atoms with Crippen LogP contribution < -0.4 is 0 Å². The van der Waals surface area contributed by atoms with Crippen LogP contribution in [0.4, 0.5) is 0 Å². The van der Waals surface area contributed by atoms with Crippen molar-refractivity contribution >= 4 is 5.71 Å². The third-order valence-electron chi connectivity index (χ3n) is 2.68. The zero-order chi connectivity index (χ0) is 17.9. The molecule has 0 saturated carbocycles. The third kappa shape index (κ3) is 13.6. The second-order valence-electron chi connectivity index (χ2n) is 4.15. The SMILES string of the molecule is C[CH][CH][CH][CH][C@@H]1CC(CC2OCCCO2)=NO1.[C-]#[O+].[C-]#[O+].[C-]#[O+].[Fe]. The van der Waals surface area contributed by atoms with Crippen molar-refractivity contribution in [3.05, 3.63) is 45.6 Å². The van der Waals surface area contributed by atoms with E-state index in [2.05, 4.69) is 25.1 Å². The molecule has 2 aliphatic heterocycles. The molecule has 0 aliphatic carbocycles. The topological polar surface area (TPSA) is 99.8 Å². The molecule has 0 bridgehead atoms. The Morgan fingerprint density at radius 2 is 1.67 bits per heavy atom. The Hall–Kier alpha value is -0.871. The van der Waals surface area contributed by atoms with Crippen LogP contribution in [-0.4, -0.2) is 31.3 Å². The summed E-state index contributed by atoms with van der Waals surface area (Å²) in [6.45, 7) is 17.0. The molecule has 2 heterocycles. The molecule has 1 atom stereocenters. The van der Waals surface area contributed by atoms with Crippen molar-refractivity contribution in [1.29, 1.82) is 0 Å². The van der Waals surface area contributed by atoms with Gasteiger partial charge in [0.25, 0.3) is 0 Å². The minimum absolute atomic E-state index is 0. The molecule has 0 aromatic rings. The summed E-state index contributed by atoms with van der Waals surface area (Å²) < 4.78 is 33.5. The predicted octanol–water partition coefficient (Wildman–Crippen LogP) is 2.01. The molecule has 4 radical (unpaired) electrons. The molecule has 0 aromatic carbocycles. The second kappa shape index (κ2) is 22.1. The van der Waals surface area contributed by atoms with Crippen LogP contribution >= 0.6 is 0 Å². The predicted molar refractivity (Wildman–Crippen MR) is 76.5 cm³/mol. The molecule has 0 spiro atoms. The van der Waals surface area contributed by atoms with Crippen molar-refractivity contribution < 1.29 is 45.3 Å². The Balaban J connectivity index is -0.000000569. The molecule has 0 unspecified atom stereocenters. The number of rotatable bonds is 6. The van der Waals surface area contributed by atoms with E-state index in [-0.39, 0.29) is 29.5 Å². The first-order valence-electron chi connectivity index (χ1n) is 6.74. The quantitative estimate of drug-likeness (QED) is 0.306. The third-order valence-corrected chi connectivity index (χ3v) is 2.68. The smallest absolute Gasteiger partial charge is 0 e. The molecule has 8 heteroatoms. The fraction of sp³-hybridized carbons (Fsp3) is 0.500. The van der Waals surface area contributed by atoms with Gasteiger partial charge in [0, 0.05) is 36.3 Å². The molecule has 0 N–H and O–H groups in total. The fourth-order valence-corrected chi connectivity index (χ4v) is 1.82. The molecule has 0 aromatic heterocycles. The van der Waals surface area contributed by atoms with Gasteiger partial charge in [0.15, 0.2) is 6.29 Å². The number of unbranched alkanes of at least 4 members (excludes halogenated alkanes) is 2. The Labute approximate surface area is 154 Å². The summed E-state index contributed by atoms with van der Waals surface area (Å²) in [5.74, 6) is 0. The first-order valence-corrected chi connectivity index (χ1v) is 6.74. The minimum atomic E-state index is -0.135. The van der Waals surface area contributed by atoms with Crippen LogP contribution in [0.2, 0.25) is 0 Å². The second-order valence-corrected chi connectivity index (χ2v) is 4.15. The molecular weight excluding hydrogens is 358 g/mol. The average Bonchev–Trinajstić information content (AvgIpc) is 3.09. The minimum Gasteiger partial charge on any atom is 0 e. The van der Waals surface area contributed by atoms with Gasteiger partial charge in [0.1, 0.15) is 6.10 Å². The summed E-state index contributed by atoms with van der Waals surface area (Å²) in [6.07, 6.45) is 10.4. The van der Waals surface area contributed by atoms with E-state index in [4.69, 9.17) is 28.3 Å². The Morgan fingerprint density at radius 3 is 2.21 bits per heavy atom. The van der Waals surface area contributed by atoms with E-state index in [0.717, 1.165) is 31.8 Å². The summed E-state index contributed by atoms with van der Waals surface area (Å²) in [5.41, 5.74) is 1.02. The maximum atomic E-state index is 7.50. The van der Waals surface area contributed by atoms with E-state index < -0.39 is 0 Å². The van der Waals surface area contributed by atoms with E-state index in [1.54, 1.807) is 0 Å². The number of nitrogens with zero attached hydrogens (tertiary/aromatic N) is 1. The maximum Gasteiger partial charge on any atom is 0 e. The van der Waals surface area contributed by atoms with Crippen molar-refractivity contribution in [2.24, 2.45) is 5.16 Å². The molecule has 1 fully saturated rings. The normalized spacial score (nSPS) is 18.5. The first kappa shape index (κ1) is 28.0. The van der Waals surface area contributed by atoms with Crippen molar-refractivity contribution in [2.75, 3.05) is 13.2 Å². The fourth-order valence-electron chi connectivity index (χ4n) is 1.82. The summed E-state index contributed by atoms with van der Waals surface area (Å²) in [7, 11) is 0. The molecular formula is C16H19FeNO6. The van der Waals surface area contributed by atoms with Crippen molar-refractivity contribution in [3.63, 3.8) is 0 Å². The Morgan fingerprint density at radius 1 is 1.08 bits per heavy atom. The number of ether oxygens (including phenoxy) is 2. The summed E-state index contributed by atoms with van der Waals surface area (Å²) in [6, 6.07) is 0. The molecule has 132 valence electrons. The van der Waals surface area contributed by atoms with Gasteiger partial charge in [0.2, 0.25) is 0 Å². The van der Waals surface area contributed by atoms with Gasteiger partial charge in [-0.15, -0.1) is 0 Å². The molecule has 1 saturated heterocycles. The van der Waals surface area contributed by atoms with Crippen LogP contribution in [0.25, 0.3) is 0 Å². The Kier molecular flexibility index (Phi) is 25.8. The van der Waals surface area contributed by atoms with Gasteiger partial charge in [0.05, 0.1) is 18.9 Å². The van der Waals surface area contributed by atoms with Gasteiger partial charge >= 0.3 is 33.9 Å². The summed E-state index contributed by atoms with van der Waals surface area (Å²) in [4.78, 5) is 5.31. The standard InChI is InChI=1S/C13H19NO3.3CO.Fe/c1-2-3-4-6-12-9-11(14-17-12)10-13-15-7-5-8-16-13;3*1-2;/h2-4,6,12-13H,5,7-10H2,1H3;;;;/t12-;;;;/m1..../s1. The zero-order valence-electron chi connectivity index (χ0n) is 13.2. The van der Waals surface area contributed by atoms with Gasteiger partial charge in [-0.2, -0.15) is 0 Å². The monoisotopic (exact) mass is 377 g/mol. The molecule has 24 heavy (non-hydrogen) atoms. The Bertz CT molecular complexity index is 349. The summed E-state index contributed by atoms with van der Waals surface area (Å²) in [5, 5.41) is 4.07. The number of oxime groups is 1. The molecule has 2 aliphatic rings. The number of hydrogen-bond acceptors (Lipinski definition) is 4. The maximum absolute atomic E-state index is 7.50. The van der Waals surface area contributed by atoms with Gasteiger partial charge in [-0.25, -0.2) is 0 Å². The van der Waals surface area contributed by atoms with Gasteiger partial charge in [-0.1, -0.05) is 12.1 Å². The number of hydrogen-bond donors (Lipinski definition) is 0. The van der Waals surface area contributed by atoms with E-state index >= 15 is 0 Å². The van der Waals surface area contributed by atoms with Gasteiger partial charge in [-0.05, 0) is 25.7 Å². The van der Waals surface area contributed by atoms with E-state index in [1.807, 2.05) is 32.6 Å².